The molecule has 0 atom stereocenters. The maximum atomic E-state index is 12.7. The number of nitrogens with zero attached hydrogens (tertiary/aromatic N) is 1. The van der Waals surface area contributed by atoms with Crippen LogP contribution in [0, 0.1) is 6.92 Å². The van der Waals surface area contributed by atoms with E-state index in [-0.39, 0.29) is 5.91 Å². The van der Waals surface area contributed by atoms with E-state index in [0.29, 0.717) is 10.6 Å². The molecule has 3 N–H and O–H groups in total. The number of aromatic nitrogens is 1. The van der Waals surface area contributed by atoms with Gasteiger partial charge in [-0.2, -0.15) is 0 Å². The van der Waals surface area contributed by atoms with Crippen LogP contribution in [-0.4, -0.2) is 10.9 Å². The Labute approximate surface area is 155 Å². The Morgan fingerprint density at radius 3 is 2.38 bits per heavy atom. The normalized spacial score (nSPS) is 10.8. The average molecular weight is 359 g/mol. The Morgan fingerprint density at radius 1 is 1.04 bits per heavy atom. The molecule has 0 radical (unpaired) electrons. The number of rotatable bonds is 3. The summed E-state index contributed by atoms with van der Waals surface area (Å²) in [7, 11) is 0. The largest absolute Gasteiger partial charge is 0.397 e. The molecule has 1 amide bonds. The van der Waals surface area contributed by atoms with Crippen molar-refractivity contribution in [3.63, 3.8) is 0 Å². The fourth-order valence-electron chi connectivity index (χ4n) is 2.97. The number of nitrogens with one attached hydrogen (secondary N) is 1. The lowest BCUT2D eigenvalue weighted by Gasteiger charge is -2.07. The van der Waals surface area contributed by atoms with Crippen LogP contribution in [0.15, 0.2) is 66.7 Å². The van der Waals surface area contributed by atoms with E-state index in [0.717, 1.165) is 32.7 Å². The van der Waals surface area contributed by atoms with E-state index in [4.69, 9.17) is 5.73 Å². The number of benzene rings is 2. The summed E-state index contributed by atoms with van der Waals surface area (Å²) in [5.74, 6) is -0.214. The van der Waals surface area contributed by atoms with Gasteiger partial charge >= 0.3 is 0 Å². The monoisotopic (exact) mass is 359 g/mol. The van der Waals surface area contributed by atoms with Gasteiger partial charge in [0.15, 0.2) is 0 Å². The SMILES string of the molecule is Cc1cc(-c2ccccc2)c2c(N)c(C(=O)Nc3ccccc3)sc2n1. The first-order valence-corrected chi connectivity index (χ1v) is 9.06. The van der Waals surface area contributed by atoms with Gasteiger partial charge in [0.25, 0.3) is 5.91 Å². The van der Waals surface area contributed by atoms with E-state index in [2.05, 4.69) is 10.3 Å². The number of nitrogen functional groups attached to an aromatic ring is 1. The van der Waals surface area contributed by atoms with E-state index >= 15 is 0 Å². The lowest BCUT2D eigenvalue weighted by atomic mass is 10.0. The van der Waals surface area contributed by atoms with Gasteiger partial charge < -0.3 is 11.1 Å². The average Bonchev–Trinajstić information content (AvgIpc) is 2.99. The van der Waals surface area contributed by atoms with E-state index in [9.17, 15) is 4.79 Å². The molecule has 4 rings (SSSR count). The van der Waals surface area contributed by atoms with Crippen molar-refractivity contribution in [2.24, 2.45) is 0 Å². The minimum absolute atomic E-state index is 0.214. The van der Waals surface area contributed by atoms with Crippen molar-refractivity contribution in [1.29, 1.82) is 0 Å². The molecular formula is C21H17N3OS. The van der Waals surface area contributed by atoms with Crippen LogP contribution in [0.3, 0.4) is 0 Å². The maximum Gasteiger partial charge on any atom is 0.267 e. The number of carbonyl (C=O) groups is 1. The number of aryl methyl sites for hydroxylation is 1. The van der Waals surface area contributed by atoms with Crippen LogP contribution in [0.25, 0.3) is 21.3 Å². The summed E-state index contributed by atoms with van der Waals surface area (Å²) < 4.78 is 0. The third kappa shape index (κ3) is 2.93. The zero-order valence-corrected chi connectivity index (χ0v) is 15.0. The molecule has 128 valence electrons. The molecule has 2 aromatic heterocycles. The van der Waals surface area contributed by atoms with Crippen LogP contribution in [0.4, 0.5) is 11.4 Å². The number of hydrogen-bond acceptors (Lipinski definition) is 4. The summed E-state index contributed by atoms with van der Waals surface area (Å²) in [4.78, 5) is 18.6. The number of anilines is 2. The molecule has 0 saturated heterocycles. The van der Waals surface area contributed by atoms with E-state index < -0.39 is 0 Å². The minimum atomic E-state index is -0.214. The highest BCUT2D eigenvalue weighted by Crippen LogP contribution is 2.39. The van der Waals surface area contributed by atoms with E-state index in [1.165, 1.54) is 11.3 Å². The van der Waals surface area contributed by atoms with Crippen LogP contribution >= 0.6 is 11.3 Å². The summed E-state index contributed by atoms with van der Waals surface area (Å²) in [6.45, 7) is 1.95. The molecule has 4 aromatic rings. The molecule has 2 heterocycles. The standard InChI is InChI=1S/C21H17N3OS/c1-13-12-16(14-8-4-2-5-9-14)17-18(22)19(26-21(17)23-13)20(25)24-15-10-6-3-7-11-15/h2-12H,22H2,1H3,(H,24,25). The second-order valence-electron chi connectivity index (χ2n) is 6.02. The van der Waals surface area contributed by atoms with Crippen LogP contribution in [0.1, 0.15) is 15.4 Å². The summed E-state index contributed by atoms with van der Waals surface area (Å²) in [5.41, 5.74) is 10.6. The third-order valence-corrected chi connectivity index (χ3v) is 5.25. The highest BCUT2D eigenvalue weighted by atomic mass is 32.1. The van der Waals surface area contributed by atoms with Crippen LogP contribution < -0.4 is 11.1 Å². The molecule has 4 nitrogen and oxygen atoms in total. The van der Waals surface area contributed by atoms with Gasteiger partial charge in [0, 0.05) is 16.8 Å². The van der Waals surface area contributed by atoms with Crippen LogP contribution in [0.2, 0.25) is 0 Å². The zero-order chi connectivity index (χ0) is 18.1. The molecule has 26 heavy (non-hydrogen) atoms. The second-order valence-corrected chi connectivity index (χ2v) is 7.02. The van der Waals surface area contributed by atoms with Gasteiger partial charge in [0.2, 0.25) is 0 Å². The summed E-state index contributed by atoms with van der Waals surface area (Å²) in [6, 6.07) is 21.4. The lowest BCUT2D eigenvalue weighted by Crippen LogP contribution is -2.11. The van der Waals surface area contributed by atoms with Gasteiger partial charge in [-0.3, -0.25) is 4.79 Å². The molecule has 0 aliphatic heterocycles. The van der Waals surface area contributed by atoms with Crippen LogP contribution in [0.5, 0.6) is 0 Å². The number of thiophene rings is 1. The minimum Gasteiger partial charge on any atom is -0.397 e. The van der Waals surface area contributed by atoms with Gasteiger partial charge in [-0.15, -0.1) is 11.3 Å². The molecule has 5 heteroatoms. The van der Waals surface area contributed by atoms with Crippen molar-refractivity contribution in [2.45, 2.75) is 6.92 Å². The summed E-state index contributed by atoms with van der Waals surface area (Å²) in [6.07, 6.45) is 0. The molecule has 0 aliphatic carbocycles. The Balaban J connectivity index is 1.83. The topological polar surface area (TPSA) is 68.0 Å². The summed E-state index contributed by atoms with van der Waals surface area (Å²) >= 11 is 1.33. The molecule has 0 fully saturated rings. The number of nitrogens with two attached hydrogens (primary N) is 1. The van der Waals surface area contributed by atoms with Gasteiger partial charge in [-0.1, -0.05) is 48.5 Å². The zero-order valence-electron chi connectivity index (χ0n) is 14.2. The lowest BCUT2D eigenvalue weighted by molar-refractivity contribution is 0.103. The predicted molar refractivity (Wildman–Crippen MR) is 109 cm³/mol. The van der Waals surface area contributed by atoms with Crippen LogP contribution in [-0.2, 0) is 0 Å². The molecule has 0 saturated carbocycles. The first-order valence-electron chi connectivity index (χ1n) is 8.25. The fourth-order valence-corrected chi connectivity index (χ4v) is 4.03. The number of hydrogen-bond donors (Lipinski definition) is 2. The van der Waals surface area contributed by atoms with Gasteiger partial charge in [-0.05, 0) is 36.2 Å². The highest BCUT2D eigenvalue weighted by Gasteiger charge is 2.20. The van der Waals surface area contributed by atoms with Crippen molar-refractivity contribution in [3.8, 4) is 11.1 Å². The third-order valence-electron chi connectivity index (χ3n) is 4.15. The van der Waals surface area contributed by atoms with Gasteiger partial charge in [0.05, 0.1) is 5.69 Å². The number of para-hydroxylation sites is 1. The Morgan fingerprint density at radius 2 is 1.69 bits per heavy atom. The number of pyridine rings is 1. The number of amides is 1. The van der Waals surface area contributed by atoms with Crippen molar-refractivity contribution >= 4 is 38.8 Å². The quantitative estimate of drug-likeness (QED) is 0.534. The van der Waals surface area contributed by atoms with E-state index in [1.54, 1.807) is 0 Å². The van der Waals surface area contributed by atoms with Crippen molar-refractivity contribution in [3.05, 3.63) is 77.3 Å². The molecule has 0 aliphatic rings. The first-order chi connectivity index (χ1) is 12.6. The predicted octanol–water partition coefficient (Wildman–Crippen LogP) is 5.11. The number of carbonyl (C=O) groups excluding carboxylic acids is 1. The van der Waals surface area contributed by atoms with Crippen molar-refractivity contribution < 1.29 is 4.79 Å². The Hall–Kier alpha value is -3.18. The van der Waals surface area contributed by atoms with Crippen molar-refractivity contribution in [2.75, 3.05) is 11.1 Å². The maximum absolute atomic E-state index is 12.7. The summed E-state index contributed by atoms with van der Waals surface area (Å²) in [5, 5.41) is 3.74. The van der Waals surface area contributed by atoms with E-state index in [1.807, 2.05) is 73.7 Å². The molecule has 0 spiro atoms. The number of fused-ring (bicyclic) bond motifs is 1. The highest BCUT2D eigenvalue weighted by molar-refractivity contribution is 7.21. The molecular weight excluding hydrogens is 342 g/mol. The van der Waals surface area contributed by atoms with Gasteiger partial charge in [0.1, 0.15) is 9.71 Å². The molecule has 0 bridgehead atoms. The van der Waals surface area contributed by atoms with Gasteiger partial charge in [-0.25, -0.2) is 4.98 Å². The second kappa shape index (κ2) is 6.61. The first kappa shape index (κ1) is 16.3. The Kier molecular flexibility index (Phi) is 4.14. The van der Waals surface area contributed by atoms with Crippen molar-refractivity contribution in [1.82, 2.24) is 4.98 Å². The smallest absolute Gasteiger partial charge is 0.267 e. The molecule has 0 unspecified atom stereocenters. The fraction of sp³-hybridized carbons (Fsp3) is 0.0476. The Bertz CT molecular complexity index is 1090. The molecule has 2 aromatic carbocycles.